The largest absolute Gasteiger partial charge is 0.493 e. The quantitative estimate of drug-likeness (QED) is 0.526. The van der Waals surface area contributed by atoms with E-state index >= 15 is 0 Å². The molecule has 1 aliphatic rings. The van der Waals surface area contributed by atoms with Gasteiger partial charge in [-0.3, -0.25) is 10.00 Å². The molecule has 7 heteroatoms. The molecule has 6 nitrogen and oxygen atoms in total. The lowest BCUT2D eigenvalue weighted by atomic mass is 9.87. The summed E-state index contributed by atoms with van der Waals surface area (Å²) in [5, 5.41) is 7.27. The predicted molar refractivity (Wildman–Crippen MR) is 116 cm³/mol. The first-order valence-corrected chi connectivity index (χ1v) is 10.4. The van der Waals surface area contributed by atoms with Crippen molar-refractivity contribution in [1.82, 2.24) is 15.1 Å². The average Bonchev–Trinajstić information content (AvgIpc) is 3.45. The summed E-state index contributed by atoms with van der Waals surface area (Å²) in [5.74, 6) is 1.74. The van der Waals surface area contributed by atoms with Gasteiger partial charge in [-0.25, -0.2) is 4.39 Å². The second kappa shape index (κ2) is 9.94. The van der Waals surface area contributed by atoms with Crippen LogP contribution >= 0.6 is 0 Å². The van der Waals surface area contributed by atoms with Crippen molar-refractivity contribution in [3.63, 3.8) is 0 Å². The number of aromatic nitrogens is 2. The van der Waals surface area contributed by atoms with Crippen molar-refractivity contribution in [3.05, 3.63) is 77.4 Å². The SMILES string of the molecule is COCCOc1cc(CN2C[C@@H](c3ccc(F)cc3)[C@H](c3ccn[nH]3)C2)ccc1OC. The van der Waals surface area contributed by atoms with E-state index in [1.165, 1.54) is 12.1 Å². The molecule has 1 fully saturated rings. The Morgan fingerprint density at radius 2 is 1.81 bits per heavy atom. The van der Waals surface area contributed by atoms with Gasteiger partial charge in [-0.05, 0) is 41.5 Å². The van der Waals surface area contributed by atoms with Gasteiger partial charge in [0.25, 0.3) is 0 Å². The minimum absolute atomic E-state index is 0.212. The fourth-order valence-corrected chi connectivity index (χ4v) is 4.28. The van der Waals surface area contributed by atoms with Crippen molar-refractivity contribution in [2.24, 2.45) is 0 Å². The Kier molecular flexibility index (Phi) is 6.84. The zero-order valence-corrected chi connectivity index (χ0v) is 17.9. The third-order valence-corrected chi connectivity index (χ3v) is 5.79. The lowest BCUT2D eigenvalue weighted by Gasteiger charge is -2.18. The van der Waals surface area contributed by atoms with Crippen LogP contribution < -0.4 is 9.47 Å². The topological polar surface area (TPSA) is 59.6 Å². The van der Waals surface area contributed by atoms with Crippen molar-refractivity contribution < 1.29 is 18.6 Å². The molecule has 3 aromatic rings. The highest BCUT2D eigenvalue weighted by atomic mass is 19.1. The molecule has 2 atom stereocenters. The zero-order valence-electron chi connectivity index (χ0n) is 17.9. The highest BCUT2D eigenvalue weighted by molar-refractivity contribution is 5.43. The number of methoxy groups -OCH3 is 2. The molecule has 0 aliphatic carbocycles. The van der Waals surface area contributed by atoms with E-state index in [9.17, 15) is 4.39 Å². The fourth-order valence-electron chi connectivity index (χ4n) is 4.28. The minimum atomic E-state index is -0.212. The second-order valence-electron chi connectivity index (χ2n) is 7.80. The molecule has 1 saturated heterocycles. The van der Waals surface area contributed by atoms with Gasteiger partial charge in [0.05, 0.1) is 13.7 Å². The van der Waals surface area contributed by atoms with Crippen molar-refractivity contribution in [2.75, 3.05) is 40.5 Å². The van der Waals surface area contributed by atoms with Crippen LogP contribution in [0.1, 0.15) is 28.7 Å². The average molecular weight is 426 g/mol. The number of H-pyrrole nitrogens is 1. The van der Waals surface area contributed by atoms with Crippen LogP contribution in [0.2, 0.25) is 0 Å². The Morgan fingerprint density at radius 1 is 1.00 bits per heavy atom. The second-order valence-corrected chi connectivity index (χ2v) is 7.80. The maximum absolute atomic E-state index is 13.5. The Bertz CT molecular complexity index is 963. The zero-order chi connectivity index (χ0) is 21.6. The molecule has 1 N–H and O–H groups in total. The Hall–Kier alpha value is -2.90. The monoisotopic (exact) mass is 425 g/mol. The minimum Gasteiger partial charge on any atom is -0.493 e. The first-order chi connectivity index (χ1) is 15.2. The van der Waals surface area contributed by atoms with E-state index in [2.05, 4.69) is 21.2 Å². The summed E-state index contributed by atoms with van der Waals surface area (Å²) in [6.07, 6.45) is 1.78. The van der Waals surface area contributed by atoms with Gasteiger partial charge in [-0.15, -0.1) is 0 Å². The molecule has 4 rings (SSSR count). The molecule has 0 spiro atoms. The third-order valence-electron chi connectivity index (χ3n) is 5.79. The maximum Gasteiger partial charge on any atom is 0.161 e. The summed E-state index contributed by atoms with van der Waals surface area (Å²) in [6.45, 7) is 3.53. The standard InChI is InChI=1S/C24H28FN3O3/c1-29-11-12-31-24-13-17(3-8-23(24)30-2)14-28-15-20(18-4-6-19(25)7-5-18)21(16-28)22-9-10-26-27-22/h3-10,13,20-21H,11-12,14-16H2,1-2H3,(H,26,27)/t20-,21+/m0/s1. The number of halogens is 1. The lowest BCUT2D eigenvalue weighted by Crippen LogP contribution is -2.20. The highest BCUT2D eigenvalue weighted by Gasteiger charge is 2.35. The first kappa shape index (κ1) is 21.3. The molecular formula is C24H28FN3O3. The maximum atomic E-state index is 13.5. The third kappa shape index (κ3) is 5.06. The molecule has 2 aromatic carbocycles. The molecular weight excluding hydrogens is 397 g/mol. The summed E-state index contributed by atoms with van der Waals surface area (Å²) in [4.78, 5) is 2.42. The van der Waals surface area contributed by atoms with Crippen LogP contribution in [-0.4, -0.2) is 55.6 Å². The van der Waals surface area contributed by atoms with Crippen LogP contribution in [0.4, 0.5) is 4.39 Å². The highest BCUT2D eigenvalue weighted by Crippen LogP contribution is 2.40. The number of nitrogens with zero attached hydrogens (tertiary/aromatic N) is 2. The van der Waals surface area contributed by atoms with E-state index in [1.54, 1.807) is 20.4 Å². The molecule has 2 heterocycles. The Labute approximate surface area is 181 Å². The van der Waals surface area contributed by atoms with Crippen LogP contribution in [0, 0.1) is 5.82 Å². The Balaban J connectivity index is 1.52. The van der Waals surface area contributed by atoms with Crippen LogP contribution in [-0.2, 0) is 11.3 Å². The van der Waals surface area contributed by atoms with Crippen LogP contribution in [0.5, 0.6) is 11.5 Å². The van der Waals surface area contributed by atoms with Gasteiger partial charge < -0.3 is 14.2 Å². The van der Waals surface area contributed by atoms with Gasteiger partial charge in [-0.1, -0.05) is 18.2 Å². The molecule has 0 bridgehead atoms. The van der Waals surface area contributed by atoms with Crippen molar-refractivity contribution >= 4 is 0 Å². The molecule has 164 valence electrons. The van der Waals surface area contributed by atoms with E-state index in [-0.39, 0.29) is 17.7 Å². The summed E-state index contributed by atoms with van der Waals surface area (Å²) in [5.41, 5.74) is 3.40. The fraction of sp³-hybridized carbons (Fsp3) is 0.375. The van der Waals surface area contributed by atoms with Gasteiger partial charge in [0.15, 0.2) is 11.5 Å². The van der Waals surface area contributed by atoms with Gasteiger partial charge in [0.2, 0.25) is 0 Å². The van der Waals surface area contributed by atoms with E-state index < -0.39 is 0 Å². The molecule has 0 radical (unpaired) electrons. The molecule has 1 aliphatic heterocycles. The van der Waals surface area contributed by atoms with Crippen molar-refractivity contribution in [1.29, 1.82) is 0 Å². The van der Waals surface area contributed by atoms with Crippen LogP contribution in [0.25, 0.3) is 0 Å². The van der Waals surface area contributed by atoms with Crippen molar-refractivity contribution in [2.45, 2.75) is 18.4 Å². The molecule has 31 heavy (non-hydrogen) atoms. The van der Waals surface area contributed by atoms with Gasteiger partial charge in [0.1, 0.15) is 12.4 Å². The summed E-state index contributed by atoms with van der Waals surface area (Å²) in [7, 11) is 3.29. The summed E-state index contributed by atoms with van der Waals surface area (Å²) >= 11 is 0. The molecule has 0 saturated carbocycles. The molecule has 1 aromatic heterocycles. The van der Waals surface area contributed by atoms with Gasteiger partial charge >= 0.3 is 0 Å². The van der Waals surface area contributed by atoms with Crippen LogP contribution in [0.3, 0.4) is 0 Å². The number of aromatic amines is 1. The van der Waals surface area contributed by atoms with E-state index in [4.69, 9.17) is 14.2 Å². The normalized spacial score (nSPS) is 18.9. The number of ether oxygens (including phenoxy) is 3. The summed E-state index contributed by atoms with van der Waals surface area (Å²) < 4.78 is 29.8. The van der Waals surface area contributed by atoms with Crippen LogP contribution in [0.15, 0.2) is 54.7 Å². The number of hydrogen-bond donors (Lipinski definition) is 1. The van der Waals surface area contributed by atoms with E-state index in [0.29, 0.717) is 19.0 Å². The lowest BCUT2D eigenvalue weighted by molar-refractivity contribution is 0.144. The van der Waals surface area contributed by atoms with Gasteiger partial charge in [0, 0.05) is 50.5 Å². The first-order valence-electron chi connectivity index (χ1n) is 10.4. The Morgan fingerprint density at radius 3 is 2.52 bits per heavy atom. The predicted octanol–water partition coefficient (Wildman–Crippen LogP) is 3.97. The number of likely N-dealkylation sites (tertiary alicyclic amines) is 1. The molecule has 0 unspecified atom stereocenters. The van der Waals surface area contributed by atoms with Gasteiger partial charge in [-0.2, -0.15) is 5.10 Å². The number of benzene rings is 2. The van der Waals surface area contributed by atoms with E-state index in [0.717, 1.165) is 42.2 Å². The number of rotatable bonds is 9. The number of hydrogen-bond acceptors (Lipinski definition) is 5. The number of nitrogens with one attached hydrogen (secondary N) is 1. The smallest absolute Gasteiger partial charge is 0.161 e. The van der Waals surface area contributed by atoms with Crippen molar-refractivity contribution in [3.8, 4) is 11.5 Å². The van der Waals surface area contributed by atoms with E-state index in [1.807, 2.05) is 30.3 Å². The molecule has 0 amide bonds. The summed E-state index contributed by atoms with van der Waals surface area (Å²) in [6, 6.07) is 14.9.